The second kappa shape index (κ2) is 7.65. The SMILES string of the molecule is CCOC(=O)c1ccc(N(Cc2ccc(Cl)cc2)C(=O)O)cc1. The van der Waals surface area contributed by atoms with Crippen LogP contribution < -0.4 is 4.90 Å². The first-order chi connectivity index (χ1) is 11.0. The van der Waals surface area contributed by atoms with Gasteiger partial charge in [0.2, 0.25) is 0 Å². The van der Waals surface area contributed by atoms with E-state index in [1.807, 2.05) is 0 Å². The molecule has 2 aromatic carbocycles. The number of carboxylic acid groups (broad SMARTS) is 1. The largest absolute Gasteiger partial charge is 0.465 e. The standard InChI is InChI=1S/C17H16ClNO4/c1-2-23-16(20)13-5-9-15(10-6-13)19(17(21)22)11-12-3-7-14(18)8-4-12/h3-10H,2,11H2,1H3,(H,21,22). The van der Waals surface area contributed by atoms with Crippen molar-refractivity contribution in [2.45, 2.75) is 13.5 Å². The number of anilines is 1. The number of hydrogen-bond acceptors (Lipinski definition) is 3. The first-order valence-electron chi connectivity index (χ1n) is 7.03. The number of halogens is 1. The fourth-order valence-corrected chi connectivity index (χ4v) is 2.16. The number of benzene rings is 2. The smallest absolute Gasteiger partial charge is 0.412 e. The molecule has 0 heterocycles. The van der Waals surface area contributed by atoms with Crippen LogP contribution in [0.5, 0.6) is 0 Å². The zero-order chi connectivity index (χ0) is 16.8. The molecule has 5 nitrogen and oxygen atoms in total. The summed E-state index contributed by atoms with van der Waals surface area (Å²) in [7, 11) is 0. The van der Waals surface area contributed by atoms with Crippen molar-refractivity contribution in [1.29, 1.82) is 0 Å². The molecule has 0 unspecified atom stereocenters. The van der Waals surface area contributed by atoms with Gasteiger partial charge in [-0.05, 0) is 48.9 Å². The number of amides is 1. The molecule has 0 spiro atoms. The van der Waals surface area contributed by atoms with Crippen LogP contribution in [0.3, 0.4) is 0 Å². The molecule has 23 heavy (non-hydrogen) atoms. The van der Waals surface area contributed by atoms with Gasteiger partial charge in [-0.3, -0.25) is 4.90 Å². The molecule has 0 aliphatic carbocycles. The minimum Gasteiger partial charge on any atom is -0.465 e. The van der Waals surface area contributed by atoms with Gasteiger partial charge in [0.15, 0.2) is 0 Å². The summed E-state index contributed by atoms with van der Waals surface area (Å²) < 4.78 is 4.90. The van der Waals surface area contributed by atoms with E-state index in [1.165, 1.54) is 4.90 Å². The van der Waals surface area contributed by atoms with Crippen molar-refractivity contribution in [3.63, 3.8) is 0 Å². The van der Waals surface area contributed by atoms with Gasteiger partial charge in [-0.25, -0.2) is 9.59 Å². The maximum absolute atomic E-state index is 11.6. The number of hydrogen-bond donors (Lipinski definition) is 1. The van der Waals surface area contributed by atoms with E-state index in [9.17, 15) is 14.7 Å². The average Bonchev–Trinajstić information content (AvgIpc) is 2.54. The van der Waals surface area contributed by atoms with Gasteiger partial charge in [-0.2, -0.15) is 0 Å². The van der Waals surface area contributed by atoms with Gasteiger partial charge in [-0.1, -0.05) is 23.7 Å². The highest BCUT2D eigenvalue weighted by molar-refractivity contribution is 6.30. The number of carbonyl (C=O) groups excluding carboxylic acids is 1. The third-order valence-corrected chi connectivity index (χ3v) is 3.43. The van der Waals surface area contributed by atoms with E-state index in [0.29, 0.717) is 22.9 Å². The second-order valence-corrected chi connectivity index (χ2v) is 5.20. The highest BCUT2D eigenvalue weighted by Gasteiger charge is 2.16. The normalized spacial score (nSPS) is 10.2. The van der Waals surface area contributed by atoms with Gasteiger partial charge < -0.3 is 9.84 Å². The minimum absolute atomic E-state index is 0.186. The van der Waals surface area contributed by atoms with Gasteiger partial charge in [0.1, 0.15) is 0 Å². The molecule has 0 aromatic heterocycles. The molecule has 0 bridgehead atoms. The van der Waals surface area contributed by atoms with Gasteiger partial charge >= 0.3 is 12.1 Å². The Labute approximate surface area is 139 Å². The molecule has 2 rings (SSSR count). The van der Waals surface area contributed by atoms with Crippen LogP contribution in [0.15, 0.2) is 48.5 Å². The molecule has 6 heteroatoms. The molecule has 0 saturated carbocycles. The predicted octanol–water partition coefficient (Wildman–Crippen LogP) is 4.20. The van der Waals surface area contributed by atoms with Crippen molar-refractivity contribution in [2.75, 3.05) is 11.5 Å². The topological polar surface area (TPSA) is 66.8 Å². The lowest BCUT2D eigenvalue weighted by atomic mass is 10.1. The van der Waals surface area contributed by atoms with Gasteiger partial charge in [-0.15, -0.1) is 0 Å². The lowest BCUT2D eigenvalue weighted by Crippen LogP contribution is -2.28. The van der Waals surface area contributed by atoms with Gasteiger partial charge in [0.25, 0.3) is 0 Å². The second-order valence-electron chi connectivity index (χ2n) is 4.76. The maximum atomic E-state index is 11.6. The Hall–Kier alpha value is -2.53. The lowest BCUT2D eigenvalue weighted by Gasteiger charge is -2.19. The Morgan fingerprint density at radius 2 is 1.70 bits per heavy atom. The molecule has 0 aliphatic rings. The van der Waals surface area contributed by atoms with E-state index < -0.39 is 12.1 Å². The van der Waals surface area contributed by atoms with Crippen molar-refractivity contribution in [3.8, 4) is 0 Å². The van der Waals surface area contributed by atoms with Crippen LogP contribution in [0.2, 0.25) is 5.02 Å². The van der Waals surface area contributed by atoms with E-state index in [2.05, 4.69) is 0 Å². The molecule has 0 fully saturated rings. The van der Waals surface area contributed by atoms with Crippen LogP contribution in [0.25, 0.3) is 0 Å². The number of carbonyl (C=O) groups is 2. The summed E-state index contributed by atoms with van der Waals surface area (Å²) in [5.41, 5.74) is 1.67. The quantitative estimate of drug-likeness (QED) is 0.833. The van der Waals surface area contributed by atoms with Crippen LogP contribution >= 0.6 is 11.6 Å². The summed E-state index contributed by atoms with van der Waals surface area (Å²) in [6.45, 7) is 2.20. The van der Waals surface area contributed by atoms with Crippen molar-refractivity contribution >= 4 is 29.4 Å². The molecule has 120 valence electrons. The average molecular weight is 334 g/mol. The highest BCUT2D eigenvalue weighted by atomic mass is 35.5. The summed E-state index contributed by atoms with van der Waals surface area (Å²) in [6.07, 6.45) is -1.08. The molecule has 0 radical (unpaired) electrons. The molecule has 2 aromatic rings. The van der Waals surface area contributed by atoms with Crippen molar-refractivity contribution in [2.24, 2.45) is 0 Å². The maximum Gasteiger partial charge on any atom is 0.412 e. The number of ether oxygens (including phenoxy) is 1. The van der Waals surface area contributed by atoms with E-state index in [1.54, 1.807) is 55.5 Å². The van der Waals surface area contributed by atoms with Crippen molar-refractivity contribution in [3.05, 3.63) is 64.7 Å². The first kappa shape index (κ1) is 16.8. The molecular weight excluding hydrogens is 318 g/mol. The fraction of sp³-hybridized carbons (Fsp3) is 0.176. The Kier molecular flexibility index (Phi) is 5.60. The highest BCUT2D eigenvalue weighted by Crippen LogP contribution is 2.20. The molecule has 0 aliphatic heterocycles. The molecular formula is C17H16ClNO4. The fourth-order valence-electron chi connectivity index (χ4n) is 2.03. The van der Waals surface area contributed by atoms with E-state index in [-0.39, 0.29) is 6.54 Å². The first-order valence-corrected chi connectivity index (χ1v) is 7.41. The molecule has 1 N–H and O–H groups in total. The van der Waals surface area contributed by atoms with Crippen LogP contribution in [0, 0.1) is 0 Å². The zero-order valence-corrected chi connectivity index (χ0v) is 13.3. The lowest BCUT2D eigenvalue weighted by molar-refractivity contribution is 0.0526. The summed E-state index contributed by atoms with van der Waals surface area (Å²) in [5.74, 6) is -0.432. The predicted molar refractivity (Wildman–Crippen MR) is 88.1 cm³/mol. The summed E-state index contributed by atoms with van der Waals surface area (Å²) in [4.78, 5) is 24.3. The summed E-state index contributed by atoms with van der Waals surface area (Å²) >= 11 is 5.83. The Bertz CT molecular complexity index is 683. The molecule has 1 amide bonds. The zero-order valence-electron chi connectivity index (χ0n) is 12.5. The molecule has 0 saturated heterocycles. The minimum atomic E-state index is -1.08. The molecule has 0 atom stereocenters. The summed E-state index contributed by atoms with van der Waals surface area (Å²) in [6, 6.07) is 13.2. The Morgan fingerprint density at radius 3 is 2.22 bits per heavy atom. The Morgan fingerprint density at radius 1 is 1.09 bits per heavy atom. The van der Waals surface area contributed by atoms with E-state index in [0.717, 1.165) is 5.56 Å². The monoisotopic (exact) mass is 333 g/mol. The number of esters is 1. The van der Waals surface area contributed by atoms with Crippen molar-refractivity contribution in [1.82, 2.24) is 0 Å². The van der Waals surface area contributed by atoms with Gasteiger partial charge in [0.05, 0.1) is 18.7 Å². The van der Waals surface area contributed by atoms with Crippen LogP contribution in [-0.4, -0.2) is 23.8 Å². The van der Waals surface area contributed by atoms with Crippen molar-refractivity contribution < 1.29 is 19.4 Å². The van der Waals surface area contributed by atoms with Gasteiger partial charge in [0, 0.05) is 10.7 Å². The number of rotatable bonds is 5. The van der Waals surface area contributed by atoms with E-state index in [4.69, 9.17) is 16.3 Å². The van der Waals surface area contributed by atoms with Crippen LogP contribution in [0.4, 0.5) is 10.5 Å². The summed E-state index contributed by atoms with van der Waals surface area (Å²) in [5, 5.41) is 10.0. The van der Waals surface area contributed by atoms with Crippen LogP contribution in [0.1, 0.15) is 22.8 Å². The number of nitrogens with zero attached hydrogens (tertiary/aromatic N) is 1. The third-order valence-electron chi connectivity index (χ3n) is 3.17. The Balaban J connectivity index is 2.19. The third kappa shape index (κ3) is 4.47. The van der Waals surface area contributed by atoms with E-state index >= 15 is 0 Å². The van der Waals surface area contributed by atoms with Crippen LogP contribution in [-0.2, 0) is 11.3 Å².